The van der Waals surface area contributed by atoms with Crippen LogP contribution in [0.2, 0.25) is 0 Å². The Hall–Kier alpha value is -1.89. The molecule has 7 nitrogen and oxygen atoms in total. The second-order valence-corrected chi connectivity index (χ2v) is 14.8. The number of aliphatic carboxylic acids is 1. The van der Waals surface area contributed by atoms with Gasteiger partial charge in [-0.15, -0.1) is 0 Å². The highest BCUT2D eigenvalue weighted by Crippen LogP contribution is 2.19. The molecule has 0 aliphatic rings. The third-order valence-electron chi connectivity index (χ3n) is 9.83. The minimum atomic E-state index is -1.00. The first kappa shape index (κ1) is 48.1. The molecule has 2 atom stereocenters. The van der Waals surface area contributed by atoms with Crippen molar-refractivity contribution in [2.45, 2.75) is 238 Å². The Balaban J connectivity index is 4.24. The minimum absolute atomic E-state index is 0.0161. The Morgan fingerprint density at radius 2 is 0.980 bits per heavy atom. The van der Waals surface area contributed by atoms with E-state index in [1.165, 1.54) is 122 Å². The number of carboxylic acid groups (broad SMARTS) is 1. The van der Waals surface area contributed by atoms with Gasteiger partial charge in [0.25, 0.3) is 0 Å². The van der Waals surface area contributed by atoms with Crippen LogP contribution in [0.3, 0.4) is 0 Å². The maximum Gasteiger partial charge on any atom is 0.326 e. The summed E-state index contributed by atoms with van der Waals surface area (Å²) >= 11 is 0. The summed E-state index contributed by atoms with van der Waals surface area (Å²) in [7, 11) is 0. The van der Waals surface area contributed by atoms with Gasteiger partial charge in [0.05, 0.1) is 0 Å². The molecule has 7 heteroatoms. The SMILES string of the molecule is CCCCCCCC/C=C\CCCCCCCC(=O)OC(CCCCCCCCCCC)CCCCCCCC(=O)NC(CCCN)C(=O)O. The average Bonchev–Trinajstić information content (AvgIpc) is 3.10. The molecular formula is C43H82N2O5. The van der Waals surface area contributed by atoms with Gasteiger partial charge >= 0.3 is 11.9 Å². The molecule has 0 aromatic rings. The fraction of sp³-hybridized carbons (Fsp3) is 0.884. The van der Waals surface area contributed by atoms with E-state index in [1.54, 1.807) is 0 Å². The van der Waals surface area contributed by atoms with Crippen LogP contribution in [-0.4, -0.2) is 41.6 Å². The molecule has 0 rings (SSSR count). The molecule has 0 aliphatic carbocycles. The molecular weight excluding hydrogens is 624 g/mol. The first-order valence-corrected chi connectivity index (χ1v) is 21.5. The van der Waals surface area contributed by atoms with Gasteiger partial charge in [0.2, 0.25) is 5.91 Å². The molecule has 0 aromatic heterocycles. The molecule has 2 unspecified atom stereocenters. The summed E-state index contributed by atoms with van der Waals surface area (Å²) < 4.78 is 6.03. The van der Waals surface area contributed by atoms with Crippen LogP contribution in [-0.2, 0) is 19.1 Å². The molecule has 0 bridgehead atoms. The summed E-state index contributed by atoms with van der Waals surface area (Å²) in [5.74, 6) is -1.23. The van der Waals surface area contributed by atoms with Gasteiger partial charge in [0, 0.05) is 12.8 Å². The molecule has 0 saturated carbocycles. The van der Waals surface area contributed by atoms with E-state index in [1.807, 2.05) is 0 Å². The molecule has 0 aromatic carbocycles. The topological polar surface area (TPSA) is 119 Å². The van der Waals surface area contributed by atoms with Gasteiger partial charge in [-0.05, 0) is 83.6 Å². The maximum atomic E-state index is 12.8. The standard InChI is InChI=1S/C43H82N2O5/c1-3-5-7-9-11-13-14-15-16-17-18-20-22-27-31-37-42(47)50-39(33-28-24-21-19-12-10-8-6-4-2)34-29-25-23-26-30-36-41(46)45-40(43(48)49)35-32-38-44/h15-16,39-40H,3-14,17-38,44H2,1-2H3,(H,45,46)(H,48,49)/b16-15-. The number of nitrogens with two attached hydrogens (primary N) is 1. The van der Waals surface area contributed by atoms with E-state index in [-0.39, 0.29) is 18.0 Å². The largest absolute Gasteiger partial charge is 0.480 e. The number of unbranched alkanes of at least 4 members (excludes halogenated alkanes) is 23. The Bertz CT molecular complexity index is 802. The van der Waals surface area contributed by atoms with Crippen molar-refractivity contribution in [2.75, 3.05) is 6.54 Å². The van der Waals surface area contributed by atoms with Crippen LogP contribution in [0, 0.1) is 0 Å². The van der Waals surface area contributed by atoms with Crippen LogP contribution < -0.4 is 11.1 Å². The maximum absolute atomic E-state index is 12.8. The number of hydrogen-bond donors (Lipinski definition) is 3. The number of nitrogens with one attached hydrogen (secondary N) is 1. The smallest absolute Gasteiger partial charge is 0.326 e. The van der Waals surface area contributed by atoms with Gasteiger partial charge in [-0.2, -0.15) is 0 Å². The normalized spacial score (nSPS) is 12.7. The predicted octanol–water partition coefficient (Wildman–Crippen LogP) is 11.9. The Morgan fingerprint density at radius 3 is 1.44 bits per heavy atom. The van der Waals surface area contributed by atoms with Crippen molar-refractivity contribution in [3.63, 3.8) is 0 Å². The number of allylic oxidation sites excluding steroid dienone is 2. The highest BCUT2D eigenvalue weighted by molar-refractivity contribution is 5.83. The van der Waals surface area contributed by atoms with Crippen LogP contribution in [0.4, 0.5) is 0 Å². The van der Waals surface area contributed by atoms with Crippen LogP contribution in [0.1, 0.15) is 226 Å². The Kier molecular flexibility index (Phi) is 36.9. The van der Waals surface area contributed by atoms with Gasteiger partial charge in [0.1, 0.15) is 12.1 Å². The molecule has 1 amide bonds. The van der Waals surface area contributed by atoms with Gasteiger partial charge < -0.3 is 20.9 Å². The summed E-state index contributed by atoms with van der Waals surface area (Å²) in [6.45, 7) is 4.94. The number of ether oxygens (including phenoxy) is 1. The summed E-state index contributed by atoms with van der Waals surface area (Å²) in [6, 6.07) is -0.853. The number of esters is 1. The fourth-order valence-corrected chi connectivity index (χ4v) is 6.56. The van der Waals surface area contributed by atoms with E-state index in [4.69, 9.17) is 10.5 Å². The second kappa shape index (κ2) is 38.3. The van der Waals surface area contributed by atoms with E-state index in [2.05, 4.69) is 31.3 Å². The lowest BCUT2D eigenvalue weighted by Crippen LogP contribution is -2.40. The van der Waals surface area contributed by atoms with Crippen molar-refractivity contribution < 1.29 is 24.2 Å². The van der Waals surface area contributed by atoms with Crippen LogP contribution >= 0.6 is 0 Å². The van der Waals surface area contributed by atoms with Gasteiger partial charge in [-0.3, -0.25) is 9.59 Å². The van der Waals surface area contributed by atoms with Gasteiger partial charge in [-0.1, -0.05) is 148 Å². The molecule has 0 fully saturated rings. The molecule has 0 saturated heterocycles. The Morgan fingerprint density at radius 1 is 0.560 bits per heavy atom. The average molecular weight is 707 g/mol. The quantitative estimate of drug-likeness (QED) is 0.0332. The number of rotatable bonds is 39. The first-order chi connectivity index (χ1) is 24.4. The highest BCUT2D eigenvalue weighted by Gasteiger charge is 2.19. The fourth-order valence-electron chi connectivity index (χ4n) is 6.56. The number of carbonyl (C=O) groups is 3. The van der Waals surface area contributed by atoms with Gasteiger partial charge in [-0.25, -0.2) is 4.79 Å². The van der Waals surface area contributed by atoms with Crippen LogP contribution in [0.25, 0.3) is 0 Å². The summed E-state index contributed by atoms with van der Waals surface area (Å²) in [5, 5.41) is 11.9. The monoisotopic (exact) mass is 707 g/mol. The minimum Gasteiger partial charge on any atom is -0.480 e. The third kappa shape index (κ3) is 34.6. The molecule has 0 aliphatic heterocycles. The lowest BCUT2D eigenvalue weighted by Gasteiger charge is -2.18. The van der Waals surface area contributed by atoms with E-state index < -0.39 is 12.0 Å². The zero-order valence-electron chi connectivity index (χ0n) is 33.0. The van der Waals surface area contributed by atoms with Crippen molar-refractivity contribution >= 4 is 17.8 Å². The summed E-state index contributed by atoms with van der Waals surface area (Å²) in [5.41, 5.74) is 5.48. The zero-order chi connectivity index (χ0) is 36.8. The number of hydrogen-bond acceptors (Lipinski definition) is 5. The molecule has 0 radical (unpaired) electrons. The molecule has 4 N–H and O–H groups in total. The van der Waals surface area contributed by atoms with Crippen molar-refractivity contribution in [1.29, 1.82) is 0 Å². The molecule has 294 valence electrons. The molecule has 0 heterocycles. The van der Waals surface area contributed by atoms with Crippen molar-refractivity contribution in [2.24, 2.45) is 5.73 Å². The Labute approximate surface area is 309 Å². The third-order valence-corrected chi connectivity index (χ3v) is 9.83. The predicted molar refractivity (Wildman–Crippen MR) is 211 cm³/mol. The number of carbonyl (C=O) groups excluding carboxylic acids is 2. The van der Waals surface area contributed by atoms with Gasteiger partial charge in [0.15, 0.2) is 0 Å². The van der Waals surface area contributed by atoms with E-state index in [0.717, 1.165) is 64.2 Å². The van der Waals surface area contributed by atoms with Crippen molar-refractivity contribution in [1.82, 2.24) is 5.32 Å². The summed E-state index contributed by atoms with van der Waals surface area (Å²) in [4.78, 5) is 36.3. The zero-order valence-corrected chi connectivity index (χ0v) is 33.0. The van der Waals surface area contributed by atoms with E-state index in [9.17, 15) is 19.5 Å². The lowest BCUT2D eigenvalue weighted by molar-refractivity contribution is -0.150. The molecule has 0 spiro atoms. The number of carboxylic acids is 1. The van der Waals surface area contributed by atoms with Crippen molar-refractivity contribution in [3.8, 4) is 0 Å². The van der Waals surface area contributed by atoms with Crippen LogP contribution in [0.15, 0.2) is 12.2 Å². The van der Waals surface area contributed by atoms with Crippen molar-refractivity contribution in [3.05, 3.63) is 12.2 Å². The van der Waals surface area contributed by atoms with E-state index >= 15 is 0 Å². The second-order valence-electron chi connectivity index (χ2n) is 14.8. The van der Waals surface area contributed by atoms with Crippen LogP contribution in [0.5, 0.6) is 0 Å². The lowest BCUT2D eigenvalue weighted by atomic mass is 10.0. The number of amides is 1. The first-order valence-electron chi connectivity index (χ1n) is 21.5. The summed E-state index contributed by atoms with van der Waals surface area (Å²) in [6.07, 6.45) is 41.1. The highest BCUT2D eigenvalue weighted by atomic mass is 16.5. The molecule has 50 heavy (non-hydrogen) atoms. The van der Waals surface area contributed by atoms with E-state index in [0.29, 0.717) is 32.2 Å².